The molecule has 0 saturated carbocycles. The van der Waals surface area contributed by atoms with E-state index in [0.29, 0.717) is 5.92 Å². The van der Waals surface area contributed by atoms with Crippen molar-refractivity contribution in [1.82, 2.24) is 0 Å². The molecule has 19 heavy (non-hydrogen) atoms. The van der Waals surface area contributed by atoms with Crippen molar-refractivity contribution < 1.29 is 0 Å². The third-order valence-electron chi connectivity index (χ3n) is 3.83. The molecule has 0 spiro atoms. The molecule has 0 nitrogen and oxygen atoms in total. The zero-order valence-electron chi connectivity index (χ0n) is 11.9. The lowest BCUT2D eigenvalue weighted by Crippen LogP contribution is -2.07. The van der Waals surface area contributed by atoms with Gasteiger partial charge in [-0.3, -0.25) is 0 Å². The molecule has 1 atom stereocenters. The number of hydrogen-bond acceptors (Lipinski definition) is 0. The summed E-state index contributed by atoms with van der Waals surface area (Å²) >= 11 is 3.68. The van der Waals surface area contributed by atoms with Gasteiger partial charge in [0.25, 0.3) is 0 Å². The quantitative estimate of drug-likeness (QED) is 0.668. The second kappa shape index (κ2) is 6.38. The molecule has 0 aliphatic heterocycles. The van der Waals surface area contributed by atoms with Gasteiger partial charge in [-0.1, -0.05) is 64.0 Å². The van der Waals surface area contributed by atoms with Crippen LogP contribution in [0, 0.1) is 20.8 Å². The van der Waals surface area contributed by atoms with Crippen molar-refractivity contribution >= 4 is 15.9 Å². The number of rotatable bonds is 4. The van der Waals surface area contributed by atoms with Crippen LogP contribution in [0.3, 0.4) is 0 Å². The van der Waals surface area contributed by atoms with Gasteiger partial charge in [0.15, 0.2) is 0 Å². The van der Waals surface area contributed by atoms with Gasteiger partial charge >= 0.3 is 0 Å². The molecule has 0 saturated heterocycles. The Morgan fingerprint density at radius 2 is 1.47 bits per heavy atom. The average Bonchev–Trinajstić information content (AvgIpc) is 2.40. The highest BCUT2D eigenvalue weighted by atomic mass is 79.9. The molecule has 0 radical (unpaired) electrons. The maximum absolute atomic E-state index is 3.68. The van der Waals surface area contributed by atoms with Crippen LogP contribution in [0.4, 0.5) is 0 Å². The molecule has 0 aromatic heterocycles. The normalized spacial score (nSPS) is 12.4. The fraction of sp³-hybridized carbons (Fsp3) is 0.333. The van der Waals surface area contributed by atoms with Gasteiger partial charge in [0.1, 0.15) is 0 Å². The van der Waals surface area contributed by atoms with E-state index in [1.54, 1.807) is 0 Å². The Balaban J connectivity index is 2.26. The van der Waals surface area contributed by atoms with E-state index in [9.17, 15) is 0 Å². The highest BCUT2D eigenvalue weighted by Gasteiger charge is 2.13. The van der Waals surface area contributed by atoms with E-state index in [0.717, 1.165) is 11.8 Å². The Bertz CT molecular complexity index is 520. The molecule has 2 aromatic carbocycles. The summed E-state index contributed by atoms with van der Waals surface area (Å²) in [5.41, 5.74) is 7.04. The van der Waals surface area contributed by atoms with E-state index < -0.39 is 0 Å². The van der Waals surface area contributed by atoms with Crippen LogP contribution in [0.1, 0.15) is 33.7 Å². The lowest BCUT2D eigenvalue weighted by Gasteiger charge is -2.18. The van der Waals surface area contributed by atoms with Gasteiger partial charge in [-0.05, 0) is 55.4 Å². The molecule has 2 rings (SSSR count). The van der Waals surface area contributed by atoms with Gasteiger partial charge in [0.2, 0.25) is 0 Å². The van der Waals surface area contributed by atoms with Gasteiger partial charge in [-0.2, -0.15) is 0 Å². The SMILES string of the molecule is Cc1ccc(C(CBr)Cc2c(C)cccc2C)cc1. The molecule has 1 unspecified atom stereocenters. The van der Waals surface area contributed by atoms with Crippen LogP contribution in [0.5, 0.6) is 0 Å². The van der Waals surface area contributed by atoms with Gasteiger partial charge in [0.05, 0.1) is 0 Å². The molecular formula is C18H21Br. The number of benzene rings is 2. The van der Waals surface area contributed by atoms with Crippen molar-refractivity contribution in [3.63, 3.8) is 0 Å². The fourth-order valence-electron chi connectivity index (χ4n) is 2.52. The standard InChI is InChI=1S/C18H21Br/c1-13-7-9-16(10-8-13)17(12-19)11-18-14(2)5-4-6-15(18)3/h4-10,17H,11-12H2,1-3H3. The van der Waals surface area contributed by atoms with Crippen molar-refractivity contribution in [2.75, 3.05) is 5.33 Å². The number of hydrogen-bond donors (Lipinski definition) is 0. The number of halogens is 1. The Labute approximate surface area is 125 Å². The van der Waals surface area contributed by atoms with Crippen molar-refractivity contribution in [2.45, 2.75) is 33.1 Å². The predicted molar refractivity (Wildman–Crippen MR) is 87.3 cm³/mol. The average molecular weight is 317 g/mol. The summed E-state index contributed by atoms with van der Waals surface area (Å²) in [7, 11) is 0. The summed E-state index contributed by atoms with van der Waals surface area (Å²) in [4.78, 5) is 0. The van der Waals surface area contributed by atoms with Crippen molar-refractivity contribution in [3.05, 3.63) is 70.3 Å². The smallest absolute Gasteiger partial charge is 0.0103 e. The third kappa shape index (κ3) is 3.48. The minimum absolute atomic E-state index is 0.542. The van der Waals surface area contributed by atoms with Gasteiger partial charge < -0.3 is 0 Å². The molecule has 1 heteroatoms. The van der Waals surface area contributed by atoms with Crippen LogP contribution in [-0.4, -0.2) is 5.33 Å². The van der Waals surface area contributed by atoms with E-state index in [2.05, 4.69) is 79.2 Å². The first kappa shape index (κ1) is 14.3. The molecule has 2 aromatic rings. The first-order chi connectivity index (χ1) is 9.11. The van der Waals surface area contributed by atoms with Crippen LogP contribution in [-0.2, 0) is 6.42 Å². The van der Waals surface area contributed by atoms with Crippen LogP contribution in [0.25, 0.3) is 0 Å². The molecule has 100 valence electrons. The fourth-order valence-corrected chi connectivity index (χ4v) is 3.12. The molecule has 0 bridgehead atoms. The lowest BCUT2D eigenvalue weighted by atomic mass is 9.89. The molecule has 0 aliphatic rings. The minimum atomic E-state index is 0.542. The Morgan fingerprint density at radius 3 is 2.00 bits per heavy atom. The summed E-state index contributed by atoms with van der Waals surface area (Å²) in [5.74, 6) is 0.542. The summed E-state index contributed by atoms with van der Waals surface area (Å²) in [6, 6.07) is 15.5. The summed E-state index contributed by atoms with van der Waals surface area (Å²) in [5, 5.41) is 1.00. The van der Waals surface area contributed by atoms with Crippen molar-refractivity contribution in [2.24, 2.45) is 0 Å². The van der Waals surface area contributed by atoms with Gasteiger partial charge in [-0.15, -0.1) is 0 Å². The van der Waals surface area contributed by atoms with E-state index >= 15 is 0 Å². The van der Waals surface area contributed by atoms with E-state index in [1.165, 1.54) is 27.8 Å². The van der Waals surface area contributed by atoms with Crippen LogP contribution < -0.4 is 0 Å². The maximum Gasteiger partial charge on any atom is 0.0103 e. The molecular weight excluding hydrogens is 296 g/mol. The zero-order valence-corrected chi connectivity index (χ0v) is 13.5. The Morgan fingerprint density at radius 1 is 0.895 bits per heavy atom. The van der Waals surface area contributed by atoms with E-state index in [-0.39, 0.29) is 0 Å². The molecule has 0 heterocycles. The zero-order chi connectivity index (χ0) is 13.8. The van der Waals surface area contributed by atoms with Crippen LogP contribution in [0.15, 0.2) is 42.5 Å². The van der Waals surface area contributed by atoms with Crippen LogP contribution in [0.2, 0.25) is 0 Å². The van der Waals surface area contributed by atoms with Gasteiger partial charge in [0, 0.05) is 5.33 Å². The van der Waals surface area contributed by atoms with Crippen LogP contribution >= 0.6 is 15.9 Å². The van der Waals surface area contributed by atoms with Crippen molar-refractivity contribution in [3.8, 4) is 0 Å². The topological polar surface area (TPSA) is 0 Å². The summed E-state index contributed by atoms with van der Waals surface area (Å²) in [6.07, 6.45) is 1.10. The summed E-state index contributed by atoms with van der Waals surface area (Å²) in [6.45, 7) is 6.56. The maximum atomic E-state index is 3.68. The highest BCUT2D eigenvalue weighted by molar-refractivity contribution is 9.09. The van der Waals surface area contributed by atoms with E-state index in [4.69, 9.17) is 0 Å². The molecule has 0 aliphatic carbocycles. The Kier molecular flexibility index (Phi) is 4.81. The predicted octanol–water partition coefficient (Wildman–Crippen LogP) is 5.33. The third-order valence-corrected chi connectivity index (χ3v) is 4.61. The molecule has 0 amide bonds. The second-order valence-corrected chi connectivity index (χ2v) is 5.98. The first-order valence-corrected chi connectivity index (χ1v) is 7.91. The number of alkyl halides is 1. The second-order valence-electron chi connectivity index (χ2n) is 5.34. The molecule has 0 N–H and O–H groups in total. The number of aryl methyl sites for hydroxylation is 3. The minimum Gasteiger partial charge on any atom is -0.0921 e. The Hall–Kier alpha value is -1.08. The van der Waals surface area contributed by atoms with Gasteiger partial charge in [-0.25, -0.2) is 0 Å². The molecule has 0 fully saturated rings. The lowest BCUT2D eigenvalue weighted by molar-refractivity contribution is 0.766. The first-order valence-electron chi connectivity index (χ1n) is 6.79. The van der Waals surface area contributed by atoms with E-state index in [1.807, 2.05) is 0 Å². The van der Waals surface area contributed by atoms with Crippen molar-refractivity contribution in [1.29, 1.82) is 0 Å². The monoisotopic (exact) mass is 316 g/mol. The summed E-state index contributed by atoms with van der Waals surface area (Å²) < 4.78 is 0. The highest BCUT2D eigenvalue weighted by Crippen LogP contribution is 2.26. The largest absolute Gasteiger partial charge is 0.0921 e.